The van der Waals surface area contributed by atoms with E-state index in [-0.39, 0.29) is 11.6 Å². The van der Waals surface area contributed by atoms with Crippen molar-refractivity contribution >= 4 is 22.6 Å². The van der Waals surface area contributed by atoms with Gasteiger partial charge in [-0.1, -0.05) is 30.3 Å². The Balaban J connectivity index is 2.32. The monoisotopic (exact) mass is 286 g/mol. The molecule has 0 bridgehead atoms. The molecule has 0 fully saturated rings. The van der Waals surface area contributed by atoms with E-state index in [0.717, 1.165) is 5.56 Å². The molecule has 1 heterocycles. The molecule has 1 N–H and O–H groups in total. The fourth-order valence-corrected chi connectivity index (χ4v) is 2.44. The van der Waals surface area contributed by atoms with Gasteiger partial charge in [0.1, 0.15) is 11.3 Å². The summed E-state index contributed by atoms with van der Waals surface area (Å²) in [5, 5.41) is 10.8. The van der Waals surface area contributed by atoms with E-state index in [9.17, 15) is 9.90 Å². The van der Waals surface area contributed by atoms with Gasteiger partial charge < -0.3 is 9.52 Å². The summed E-state index contributed by atoms with van der Waals surface area (Å²) in [5.41, 5.74) is 2.09. The first kappa shape index (κ1) is 12.8. The van der Waals surface area contributed by atoms with Crippen LogP contribution in [0.15, 0.2) is 57.7 Å². The molecule has 2 aromatic carbocycles. The topological polar surface area (TPSA) is 50.4 Å². The Morgan fingerprint density at radius 1 is 1.10 bits per heavy atom. The highest BCUT2D eigenvalue weighted by Gasteiger charge is 2.11. The molecule has 0 spiro atoms. The summed E-state index contributed by atoms with van der Waals surface area (Å²) in [6, 6.07) is 14.0. The van der Waals surface area contributed by atoms with Crippen molar-refractivity contribution in [1.29, 1.82) is 0 Å². The van der Waals surface area contributed by atoms with Crippen LogP contribution in [0.25, 0.3) is 22.1 Å². The van der Waals surface area contributed by atoms with Gasteiger partial charge in [-0.3, -0.25) is 0 Å². The number of benzene rings is 2. The molecule has 0 amide bonds. The van der Waals surface area contributed by atoms with Gasteiger partial charge in [-0.15, -0.1) is 11.6 Å². The third-order valence-electron chi connectivity index (χ3n) is 3.18. The molecule has 0 unspecified atom stereocenters. The Morgan fingerprint density at radius 3 is 2.55 bits per heavy atom. The van der Waals surface area contributed by atoms with Crippen LogP contribution >= 0.6 is 11.6 Å². The minimum absolute atomic E-state index is 0.129. The summed E-state index contributed by atoms with van der Waals surface area (Å²) >= 11 is 5.82. The van der Waals surface area contributed by atoms with Crippen LogP contribution in [0.5, 0.6) is 5.75 Å². The lowest BCUT2D eigenvalue weighted by Crippen LogP contribution is -1.99. The highest BCUT2D eigenvalue weighted by atomic mass is 35.5. The Bertz CT molecular complexity index is 822. The second kappa shape index (κ2) is 5.02. The molecule has 20 heavy (non-hydrogen) atoms. The summed E-state index contributed by atoms with van der Waals surface area (Å²) in [7, 11) is 0. The van der Waals surface area contributed by atoms with Crippen LogP contribution in [-0.4, -0.2) is 5.11 Å². The zero-order valence-electron chi connectivity index (χ0n) is 10.5. The lowest BCUT2D eigenvalue weighted by Gasteiger charge is -2.08. The molecule has 3 aromatic rings. The van der Waals surface area contributed by atoms with E-state index in [1.807, 2.05) is 30.3 Å². The van der Waals surface area contributed by atoms with Crippen molar-refractivity contribution < 1.29 is 9.52 Å². The van der Waals surface area contributed by atoms with Crippen molar-refractivity contribution in [3.63, 3.8) is 0 Å². The average molecular weight is 287 g/mol. The largest absolute Gasteiger partial charge is 0.507 e. The number of rotatable bonds is 2. The minimum Gasteiger partial charge on any atom is -0.507 e. The molecule has 0 aliphatic heterocycles. The van der Waals surface area contributed by atoms with E-state index in [4.69, 9.17) is 16.0 Å². The fraction of sp³-hybridized carbons (Fsp3) is 0.0625. The Hall–Kier alpha value is -2.26. The van der Waals surface area contributed by atoms with E-state index in [2.05, 4.69) is 0 Å². The summed E-state index contributed by atoms with van der Waals surface area (Å²) < 4.78 is 5.20. The molecule has 0 radical (unpaired) electrons. The predicted molar refractivity (Wildman–Crippen MR) is 79.1 cm³/mol. The number of hydrogen-bond acceptors (Lipinski definition) is 3. The van der Waals surface area contributed by atoms with Gasteiger partial charge in [-0.05, 0) is 23.3 Å². The number of halogens is 1. The third kappa shape index (κ3) is 2.17. The van der Waals surface area contributed by atoms with Crippen molar-refractivity contribution in [2.75, 3.05) is 0 Å². The lowest BCUT2D eigenvalue weighted by molar-refractivity contribution is 0.477. The maximum absolute atomic E-state index is 11.5. The molecule has 100 valence electrons. The second-order valence-corrected chi connectivity index (χ2v) is 4.72. The molecule has 3 nitrogen and oxygen atoms in total. The molecule has 1 aromatic heterocycles. The van der Waals surface area contributed by atoms with Crippen LogP contribution < -0.4 is 5.63 Å². The van der Waals surface area contributed by atoms with Crippen LogP contribution in [0.3, 0.4) is 0 Å². The van der Waals surface area contributed by atoms with Gasteiger partial charge in [-0.25, -0.2) is 4.79 Å². The number of phenols is 1. The maximum atomic E-state index is 11.5. The number of aromatic hydroxyl groups is 1. The standard InChI is InChI=1S/C16H11ClO3/c17-9-11-6-16(19)20-15-8-12(14(18)7-13(11)15)10-4-2-1-3-5-10/h1-8,18H,9H2. The van der Waals surface area contributed by atoms with Crippen molar-refractivity contribution in [2.45, 2.75) is 5.88 Å². The summed E-state index contributed by atoms with van der Waals surface area (Å²) in [6.45, 7) is 0. The molecule has 0 saturated carbocycles. The van der Waals surface area contributed by atoms with Crippen LogP contribution in [0.4, 0.5) is 0 Å². The zero-order valence-corrected chi connectivity index (χ0v) is 11.2. The number of phenolic OH excluding ortho intramolecular Hbond substituents is 1. The van der Waals surface area contributed by atoms with Gasteiger partial charge in [0, 0.05) is 22.9 Å². The second-order valence-electron chi connectivity index (χ2n) is 4.46. The third-order valence-corrected chi connectivity index (χ3v) is 3.46. The van der Waals surface area contributed by atoms with Crippen LogP contribution in [-0.2, 0) is 5.88 Å². The average Bonchev–Trinajstić information content (AvgIpc) is 2.47. The van der Waals surface area contributed by atoms with E-state index in [1.165, 1.54) is 6.07 Å². The van der Waals surface area contributed by atoms with E-state index in [1.54, 1.807) is 12.1 Å². The van der Waals surface area contributed by atoms with Gasteiger partial charge >= 0.3 is 5.63 Å². The van der Waals surface area contributed by atoms with Crippen molar-refractivity contribution in [3.05, 3.63) is 64.5 Å². The fourth-order valence-electron chi connectivity index (χ4n) is 2.22. The normalized spacial score (nSPS) is 10.8. The van der Waals surface area contributed by atoms with Crippen LogP contribution in [0.1, 0.15) is 5.56 Å². The highest BCUT2D eigenvalue weighted by Crippen LogP contribution is 2.34. The lowest BCUT2D eigenvalue weighted by atomic mass is 10.0. The first-order valence-electron chi connectivity index (χ1n) is 6.10. The smallest absolute Gasteiger partial charge is 0.336 e. The van der Waals surface area contributed by atoms with Gasteiger partial charge in [-0.2, -0.15) is 0 Å². The van der Waals surface area contributed by atoms with Gasteiger partial charge in [0.2, 0.25) is 0 Å². The quantitative estimate of drug-likeness (QED) is 0.574. The number of hydrogen-bond donors (Lipinski definition) is 1. The molecule has 4 heteroatoms. The number of alkyl halides is 1. The Kier molecular flexibility index (Phi) is 3.20. The molecule has 0 aliphatic carbocycles. The summed E-state index contributed by atoms with van der Waals surface area (Å²) in [4.78, 5) is 11.5. The van der Waals surface area contributed by atoms with Crippen LogP contribution in [0, 0.1) is 0 Å². The van der Waals surface area contributed by atoms with Crippen molar-refractivity contribution in [3.8, 4) is 16.9 Å². The van der Waals surface area contributed by atoms with E-state index < -0.39 is 5.63 Å². The molecular weight excluding hydrogens is 276 g/mol. The highest BCUT2D eigenvalue weighted by molar-refractivity contribution is 6.18. The molecule has 0 aliphatic rings. The predicted octanol–water partition coefficient (Wildman–Crippen LogP) is 3.90. The maximum Gasteiger partial charge on any atom is 0.336 e. The Morgan fingerprint density at radius 2 is 1.85 bits per heavy atom. The molecular formula is C16H11ClO3. The number of fused-ring (bicyclic) bond motifs is 1. The van der Waals surface area contributed by atoms with Gasteiger partial charge in [0.05, 0.1) is 0 Å². The zero-order chi connectivity index (χ0) is 14.1. The van der Waals surface area contributed by atoms with Crippen LogP contribution in [0.2, 0.25) is 0 Å². The Labute approximate surface area is 120 Å². The minimum atomic E-state index is -0.446. The molecule has 0 saturated heterocycles. The van der Waals surface area contributed by atoms with E-state index >= 15 is 0 Å². The molecule has 0 atom stereocenters. The summed E-state index contributed by atoms with van der Waals surface area (Å²) in [5.74, 6) is 0.315. The van der Waals surface area contributed by atoms with Crippen molar-refractivity contribution in [2.24, 2.45) is 0 Å². The molecule has 3 rings (SSSR count). The first-order valence-corrected chi connectivity index (χ1v) is 6.63. The van der Waals surface area contributed by atoms with Gasteiger partial charge in [0.15, 0.2) is 0 Å². The summed E-state index contributed by atoms with van der Waals surface area (Å²) in [6.07, 6.45) is 0. The van der Waals surface area contributed by atoms with E-state index in [0.29, 0.717) is 22.1 Å². The van der Waals surface area contributed by atoms with Gasteiger partial charge in [0.25, 0.3) is 0 Å². The van der Waals surface area contributed by atoms with Crippen molar-refractivity contribution in [1.82, 2.24) is 0 Å². The first-order chi connectivity index (χ1) is 9.69. The SMILES string of the molecule is O=c1cc(CCl)c2cc(O)c(-c3ccccc3)cc2o1.